The minimum atomic E-state index is -1.06. The predicted octanol–water partition coefficient (Wildman–Crippen LogP) is 2.68. The number of halogens is 3. The van der Waals surface area contributed by atoms with Gasteiger partial charge in [0.05, 0.1) is 17.5 Å². The van der Waals surface area contributed by atoms with E-state index in [1.165, 1.54) is 6.07 Å². The minimum absolute atomic E-state index is 0.105. The van der Waals surface area contributed by atoms with E-state index in [0.717, 1.165) is 6.07 Å². The van der Waals surface area contributed by atoms with Gasteiger partial charge in [-0.05, 0) is 35.0 Å². The second-order valence-corrected chi connectivity index (χ2v) is 4.23. The summed E-state index contributed by atoms with van der Waals surface area (Å²) in [5, 5.41) is 0. The summed E-state index contributed by atoms with van der Waals surface area (Å²) < 4.78 is 31.8. The Morgan fingerprint density at radius 2 is 2.18 bits per heavy atom. The van der Waals surface area contributed by atoms with E-state index in [1.807, 2.05) is 0 Å². The molecule has 0 unspecified atom stereocenters. The fourth-order valence-electron chi connectivity index (χ4n) is 1.38. The van der Waals surface area contributed by atoms with Crippen molar-refractivity contribution in [2.45, 2.75) is 19.4 Å². The Morgan fingerprint density at radius 1 is 1.53 bits per heavy atom. The Kier molecular flexibility index (Phi) is 5.02. The van der Waals surface area contributed by atoms with Gasteiger partial charge in [0.1, 0.15) is 11.6 Å². The first-order valence-corrected chi connectivity index (χ1v) is 5.81. The molecule has 1 aromatic carbocycles. The fourth-order valence-corrected chi connectivity index (χ4v) is 1.73. The van der Waals surface area contributed by atoms with Crippen molar-refractivity contribution in [3.8, 4) is 0 Å². The van der Waals surface area contributed by atoms with Crippen LogP contribution in [0.4, 0.5) is 8.78 Å². The summed E-state index contributed by atoms with van der Waals surface area (Å²) in [4.78, 5) is 11.2. The van der Waals surface area contributed by atoms with Gasteiger partial charge in [0.15, 0.2) is 0 Å². The Hall–Kier alpha value is -1.01. The molecule has 2 N–H and O–H groups in total. The van der Waals surface area contributed by atoms with Gasteiger partial charge in [-0.2, -0.15) is 0 Å². The number of rotatable bonds is 4. The number of hydrogen-bond acceptors (Lipinski definition) is 3. The van der Waals surface area contributed by atoms with Crippen LogP contribution >= 0.6 is 15.9 Å². The van der Waals surface area contributed by atoms with Gasteiger partial charge in [0.25, 0.3) is 0 Å². The predicted molar refractivity (Wildman–Crippen MR) is 62.2 cm³/mol. The number of esters is 1. The van der Waals surface area contributed by atoms with Crippen LogP contribution < -0.4 is 5.73 Å². The van der Waals surface area contributed by atoms with Crippen LogP contribution in [-0.2, 0) is 9.53 Å². The van der Waals surface area contributed by atoms with Crippen molar-refractivity contribution in [1.82, 2.24) is 0 Å². The summed E-state index contributed by atoms with van der Waals surface area (Å²) in [6.07, 6.45) is -0.266. The molecule has 1 aromatic rings. The summed E-state index contributed by atoms with van der Waals surface area (Å²) in [6, 6.07) is 1.27. The van der Waals surface area contributed by atoms with E-state index in [9.17, 15) is 13.6 Å². The van der Waals surface area contributed by atoms with Crippen molar-refractivity contribution in [2.24, 2.45) is 5.73 Å². The van der Waals surface area contributed by atoms with Crippen molar-refractivity contribution in [2.75, 3.05) is 6.61 Å². The van der Waals surface area contributed by atoms with Gasteiger partial charge in [-0.3, -0.25) is 4.79 Å². The molecule has 0 aliphatic carbocycles. The topological polar surface area (TPSA) is 52.3 Å². The van der Waals surface area contributed by atoms with Gasteiger partial charge in [-0.1, -0.05) is 0 Å². The van der Waals surface area contributed by atoms with Crippen molar-refractivity contribution in [3.05, 3.63) is 33.8 Å². The molecule has 0 saturated carbocycles. The smallest absolute Gasteiger partial charge is 0.307 e. The molecule has 0 amide bonds. The second kappa shape index (κ2) is 6.07. The molecule has 17 heavy (non-hydrogen) atoms. The standard InChI is InChI=1S/C11H12BrF2NO2/c1-2-17-9(16)5-8(15)10-7(13)4-3-6(12)11(10)14/h3-4,8H,2,5,15H2,1H3/t8-/m1/s1. The van der Waals surface area contributed by atoms with E-state index in [1.54, 1.807) is 6.92 Å². The highest BCUT2D eigenvalue weighted by Crippen LogP contribution is 2.27. The zero-order valence-corrected chi connectivity index (χ0v) is 10.8. The zero-order valence-electron chi connectivity index (χ0n) is 9.17. The summed E-state index contributed by atoms with van der Waals surface area (Å²) in [7, 11) is 0. The molecule has 0 aromatic heterocycles. The lowest BCUT2D eigenvalue weighted by Gasteiger charge is -2.13. The SMILES string of the molecule is CCOC(=O)C[C@@H](N)c1c(F)ccc(Br)c1F. The maximum atomic E-state index is 13.6. The molecule has 1 rings (SSSR count). The maximum Gasteiger partial charge on any atom is 0.307 e. The van der Waals surface area contributed by atoms with Crippen LogP contribution in [0.3, 0.4) is 0 Å². The van der Waals surface area contributed by atoms with E-state index >= 15 is 0 Å². The summed E-state index contributed by atoms with van der Waals surface area (Å²) in [5.41, 5.74) is 5.28. The minimum Gasteiger partial charge on any atom is -0.466 e. The van der Waals surface area contributed by atoms with Crippen molar-refractivity contribution in [3.63, 3.8) is 0 Å². The third kappa shape index (κ3) is 3.47. The molecule has 0 heterocycles. The third-order valence-corrected chi connectivity index (χ3v) is 2.75. The lowest BCUT2D eigenvalue weighted by atomic mass is 10.0. The van der Waals surface area contributed by atoms with Gasteiger partial charge >= 0.3 is 5.97 Å². The Balaban J connectivity index is 2.92. The van der Waals surface area contributed by atoms with Gasteiger partial charge in [0.2, 0.25) is 0 Å². The third-order valence-electron chi connectivity index (χ3n) is 2.14. The normalized spacial score (nSPS) is 12.3. The van der Waals surface area contributed by atoms with Crippen LogP contribution in [0.15, 0.2) is 16.6 Å². The second-order valence-electron chi connectivity index (χ2n) is 3.37. The lowest BCUT2D eigenvalue weighted by Crippen LogP contribution is -2.20. The first-order valence-electron chi connectivity index (χ1n) is 5.02. The average Bonchev–Trinajstić information content (AvgIpc) is 2.24. The van der Waals surface area contributed by atoms with Crippen molar-refractivity contribution < 1.29 is 18.3 Å². The number of hydrogen-bond donors (Lipinski definition) is 1. The monoisotopic (exact) mass is 307 g/mol. The molecule has 0 aliphatic heterocycles. The highest BCUT2D eigenvalue weighted by atomic mass is 79.9. The Labute approximate surface area is 106 Å². The number of ether oxygens (including phenoxy) is 1. The van der Waals surface area contributed by atoms with E-state index in [2.05, 4.69) is 20.7 Å². The van der Waals surface area contributed by atoms with E-state index in [4.69, 9.17) is 5.73 Å². The van der Waals surface area contributed by atoms with Gasteiger partial charge < -0.3 is 10.5 Å². The van der Waals surface area contributed by atoms with Gasteiger partial charge in [0, 0.05) is 11.6 Å². The highest BCUT2D eigenvalue weighted by Gasteiger charge is 2.21. The van der Waals surface area contributed by atoms with Gasteiger partial charge in [-0.25, -0.2) is 8.78 Å². The molecular formula is C11H12BrF2NO2. The van der Waals surface area contributed by atoms with Gasteiger partial charge in [-0.15, -0.1) is 0 Å². The number of benzene rings is 1. The molecular weight excluding hydrogens is 296 g/mol. The van der Waals surface area contributed by atoms with Crippen LogP contribution in [0.2, 0.25) is 0 Å². The van der Waals surface area contributed by atoms with Crippen LogP contribution in [0.5, 0.6) is 0 Å². The molecule has 0 fully saturated rings. The molecule has 94 valence electrons. The molecule has 0 saturated heterocycles. The van der Waals surface area contributed by atoms with Crippen molar-refractivity contribution in [1.29, 1.82) is 0 Å². The quantitative estimate of drug-likeness (QED) is 0.687. The molecule has 0 bridgehead atoms. The first kappa shape index (κ1) is 14.1. The molecule has 1 atom stereocenters. The van der Waals surface area contributed by atoms with E-state index < -0.39 is 23.6 Å². The Bertz CT molecular complexity index is 426. The fraction of sp³-hybridized carbons (Fsp3) is 0.364. The summed E-state index contributed by atoms with van der Waals surface area (Å²) >= 11 is 2.93. The van der Waals surface area contributed by atoms with Crippen LogP contribution in [0, 0.1) is 11.6 Å². The van der Waals surface area contributed by atoms with E-state index in [-0.39, 0.29) is 23.1 Å². The first-order chi connectivity index (χ1) is 7.97. The van der Waals surface area contributed by atoms with Crippen LogP contribution in [0.1, 0.15) is 24.9 Å². The molecule has 3 nitrogen and oxygen atoms in total. The summed E-state index contributed by atoms with van der Waals surface area (Å²) in [6.45, 7) is 1.85. The molecule has 6 heteroatoms. The van der Waals surface area contributed by atoms with E-state index in [0.29, 0.717) is 0 Å². The largest absolute Gasteiger partial charge is 0.466 e. The number of carbonyl (C=O) groups excluding carboxylic acids is 1. The molecule has 0 spiro atoms. The summed E-state index contributed by atoms with van der Waals surface area (Å²) in [5.74, 6) is -2.15. The lowest BCUT2D eigenvalue weighted by molar-refractivity contribution is -0.143. The van der Waals surface area contributed by atoms with Crippen molar-refractivity contribution >= 4 is 21.9 Å². The number of carbonyl (C=O) groups is 1. The molecule has 0 radical (unpaired) electrons. The number of nitrogens with two attached hydrogens (primary N) is 1. The highest BCUT2D eigenvalue weighted by molar-refractivity contribution is 9.10. The zero-order chi connectivity index (χ0) is 13.0. The average molecular weight is 308 g/mol. The molecule has 0 aliphatic rings. The van der Waals surface area contributed by atoms with Crippen LogP contribution in [0.25, 0.3) is 0 Å². The maximum absolute atomic E-state index is 13.6. The Morgan fingerprint density at radius 3 is 2.76 bits per heavy atom. The van der Waals surface area contributed by atoms with Crippen LogP contribution in [-0.4, -0.2) is 12.6 Å².